The zero-order valence-corrected chi connectivity index (χ0v) is 9.53. The molecular formula is C14H15NO. The van der Waals surface area contributed by atoms with Gasteiger partial charge in [0, 0.05) is 17.0 Å². The summed E-state index contributed by atoms with van der Waals surface area (Å²) in [4.78, 5) is 0. The summed E-state index contributed by atoms with van der Waals surface area (Å²) in [7, 11) is 0. The van der Waals surface area contributed by atoms with E-state index in [1.807, 2.05) is 6.92 Å². The maximum absolute atomic E-state index is 5.90. The Balaban J connectivity index is 2.29. The van der Waals surface area contributed by atoms with Crippen molar-refractivity contribution in [1.82, 2.24) is 5.32 Å². The largest absolute Gasteiger partial charge is 0.475 e. The second-order valence-corrected chi connectivity index (χ2v) is 4.35. The van der Waals surface area contributed by atoms with Crippen LogP contribution in [0.25, 0.3) is 10.8 Å². The molecule has 1 N–H and O–H groups in total. The molecule has 0 saturated carbocycles. The number of rotatable bonds is 0. The summed E-state index contributed by atoms with van der Waals surface area (Å²) in [5.41, 5.74) is 1.25. The van der Waals surface area contributed by atoms with Gasteiger partial charge in [-0.1, -0.05) is 36.4 Å². The van der Waals surface area contributed by atoms with Crippen molar-refractivity contribution >= 4 is 10.8 Å². The van der Waals surface area contributed by atoms with Crippen molar-refractivity contribution < 1.29 is 4.74 Å². The van der Waals surface area contributed by atoms with Crippen LogP contribution in [0.2, 0.25) is 0 Å². The Labute approximate surface area is 95.2 Å². The van der Waals surface area contributed by atoms with Gasteiger partial charge in [-0.3, -0.25) is 5.32 Å². The summed E-state index contributed by atoms with van der Waals surface area (Å²) in [6.07, 6.45) is 0.0771. The molecule has 3 rings (SSSR count). The van der Waals surface area contributed by atoms with Crippen molar-refractivity contribution in [2.24, 2.45) is 0 Å². The zero-order valence-electron chi connectivity index (χ0n) is 9.53. The summed E-state index contributed by atoms with van der Waals surface area (Å²) >= 11 is 0. The fraction of sp³-hybridized carbons (Fsp3) is 0.286. The van der Waals surface area contributed by atoms with Gasteiger partial charge in [0.25, 0.3) is 0 Å². The van der Waals surface area contributed by atoms with Crippen LogP contribution in [0.4, 0.5) is 0 Å². The second-order valence-electron chi connectivity index (χ2n) is 4.35. The van der Waals surface area contributed by atoms with E-state index in [4.69, 9.17) is 4.74 Å². The highest BCUT2D eigenvalue weighted by atomic mass is 16.5. The highest BCUT2D eigenvalue weighted by molar-refractivity contribution is 5.89. The molecule has 0 spiro atoms. The fourth-order valence-electron chi connectivity index (χ4n) is 2.39. The minimum atomic E-state index is 0.0771. The summed E-state index contributed by atoms with van der Waals surface area (Å²) in [6.45, 7) is 4.22. The molecule has 82 valence electrons. The molecule has 2 heteroatoms. The minimum Gasteiger partial charge on any atom is -0.475 e. The van der Waals surface area contributed by atoms with Gasteiger partial charge in [-0.15, -0.1) is 0 Å². The Morgan fingerprint density at radius 2 is 1.88 bits per heavy atom. The number of hydrogen-bond donors (Lipinski definition) is 1. The lowest BCUT2D eigenvalue weighted by molar-refractivity contribution is 0.147. The third kappa shape index (κ3) is 1.38. The van der Waals surface area contributed by atoms with Crippen LogP contribution in [0.15, 0.2) is 36.4 Å². The molecule has 0 radical (unpaired) electrons. The van der Waals surface area contributed by atoms with Gasteiger partial charge in [-0.05, 0) is 19.2 Å². The third-order valence-corrected chi connectivity index (χ3v) is 3.16. The van der Waals surface area contributed by atoms with E-state index in [2.05, 4.69) is 48.6 Å². The van der Waals surface area contributed by atoms with E-state index < -0.39 is 0 Å². The molecule has 2 nitrogen and oxygen atoms in total. The average molecular weight is 213 g/mol. The van der Waals surface area contributed by atoms with Crippen LogP contribution in [0.3, 0.4) is 0 Å². The summed E-state index contributed by atoms with van der Waals surface area (Å²) in [6, 6.07) is 13.0. The van der Waals surface area contributed by atoms with Gasteiger partial charge in [0.15, 0.2) is 0 Å². The lowest BCUT2D eigenvalue weighted by Crippen LogP contribution is -2.38. The fourth-order valence-corrected chi connectivity index (χ4v) is 2.39. The van der Waals surface area contributed by atoms with Gasteiger partial charge in [-0.25, -0.2) is 0 Å². The number of ether oxygens (including phenoxy) is 1. The van der Waals surface area contributed by atoms with E-state index in [9.17, 15) is 0 Å². The molecule has 1 heterocycles. The van der Waals surface area contributed by atoms with Crippen LogP contribution in [-0.4, -0.2) is 6.23 Å². The van der Waals surface area contributed by atoms with Gasteiger partial charge in [0.1, 0.15) is 12.0 Å². The van der Waals surface area contributed by atoms with Gasteiger partial charge < -0.3 is 4.74 Å². The molecule has 2 aromatic carbocycles. The van der Waals surface area contributed by atoms with Crippen molar-refractivity contribution in [3.8, 4) is 5.75 Å². The number of hydrogen-bond acceptors (Lipinski definition) is 2. The second kappa shape index (κ2) is 3.49. The normalized spacial score (nSPS) is 23.9. The molecule has 2 atom stereocenters. The van der Waals surface area contributed by atoms with E-state index in [0.29, 0.717) is 6.04 Å². The molecule has 0 fully saturated rings. The van der Waals surface area contributed by atoms with Crippen molar-refractivity contribution in [3.05, 3.63) is 42.0 Å². The Bertz CT molecular complexity index is 535. The highest BCUT2D eigenvalue weighted by Gasteiger charge is 2.22. The Morgan fingerprint density at radius 3 is 2.75 bits per heavy atom. The third-order valence-electron chi connectivity index (χ3n) is 3.16. The van der Waals surface area contributed by atoms with Crippen LogP contribution in [-0.2, 0) is 0 Å². The first-order valence-electron chi connectivity index (χ1n) is 5.70. The topological polar surface area (TPSA) is 21.3 Å². The molecule has 2 aromatic rings. The first-order valence-corrected chi connectivity index (χ1v) is 5.70. The Hall–Kier alpha value is -1.54. The van der Waals surface area contributed by atoms with Crippen LogP contribution in [0.5, 0.6) is 5.75 Å². The zero-order chi connectivity index (χ0) is 11.1. The van der Waals surface area contributed by atoms with Crippen LogP contribution < -0.4 is 10.1 Å². The molecule has 1 aliphatic heterocycles. The van der Waals surface area contributed by atoms with Gasteiger partial charge in [0.2, 0.25) is 0 Å². The molecular weight excluding hydrogens is 198 g/mol. The number of benzene rings is 2. The lowest BCUT2D eigenvalue weighted by Gasteiger charge is -2.30. The predicted octanol–water partition coefficient (Wildman–Crippen LogP) is 3.23. The van der Waals surface area contributed by atoms with Crippen molar-refractivity contribution in [2.45, 2.75) is 26.1 Å². The molecule has 1 aliphatic rings. The summed E-state index contributed by atoms with van der Waals surface area (Å²) in [5.74, 6) is 1.04. The number of fused-ring (bicyclic) bond motifs is 3. The number of nitrogens with one attached hydrogen (secondary N) is 1. The van der Waals surface area contributed by atoms with E-state index in [1.165, 1.54) is 16.3 Å². The van der Waals surface area contributed by atoms with E-state index in [0.717, 1.165) is 5.75 Å². The molecule has 16 heavy (non-hydrogen) atoms. The molecule has 0 amide bonds. The molecule has 2 unspecified atom stereocenters. The predicted molar refractivity (Wildman–Crippen MR) is 65.6 cm³/mol. The summed E-state index contributed by atoms with van der Waals surface area (Å²) in [5, 5.41) is 5.82. The van der Waals surface area contributed by atoms with Crippen LogP contribution in [0.1, 0.15) is 25.5 Å². The van der Waals surface area contributed by atoms with Gasteiger partial charge in [0.05, 0.1) is 0 Å². The SMILES string of the molecule is CC1NC(C)c2ccc3ccccc3c2O1. The summed E-state index contributed by atoms with van der Waals surface area (Å²) < 4.78 is 5.90. The lowest BCUT2D eigenvalue weighted by atomic mass is 9.99. The quantitative estimate of drug-likeness (QED) is 0.725. The molecule has 0 saturated heterocycles. The highest BCUT2D eigenvalue weighted by Crippen LogP contribution is 2.36. The smallest absolute Gasteiger partial charge is 0.147 e. The first-order chi connectivity index (χ1) is 7.75. The monoisotopic (exact) mass is 213 g/mol. The van der Waals surface area contributed by atoms with E-state index >= 15 is 0 Å². The van der Waals surface area contributed by atoms with Crippen LogP contribution >= 0.6 is 0 Å². The van der Waals surface area contributed by atoms with Crippen molar-refractivity contribution in [2.75, 3.05) is 0 Å². The van der Waals surface area contributed by atoms with Crippen molar-refractivity contribution in [1.29, 1.82) is 0 Å². The Morgan fingerprint density at radius 1 is 1.06 bits per heavy atom. The van der Waals surface area contributed by atoms with Gasteiger partial charge >= 0.3 is 0 Å². The van der Waals surface area contributed by atoms with Gasteiger partial charge in [-0.2, -0.15) is 0 Å². The Kier molecular flexibility index (Phi) is 2.11. The van der Waals surface area contributed by atoms with Crippen LogP contribution in [0, 0.1) is 0 Å². The van der Waals surface area contributed by atoms with E-state index in [1.54, 1.807) is 0 Å². The first kappa shape index (κ1) is 9.67. The maximum Gasteiger partial charge on any atom is 0.147 e. The molecule has 0 bridgehead atoms. The van der Waals surface area contributed by atoms with E-state index in [-0.39, 0.29) is 6.23 Å². The molecule has 0 aliphatic carbocycles. The standard InChI is InChI=1S/C14H15NO/c1-9-12-8-7-11-5-3-4-6-13(11)14(12)16-10(2)15-9/h3-10,15H,1-2H3. The van der Waals surface area contributed by atoms with Crippen molar-refractivity contribution in [3.63, 3.8) is 0 Å². The molecule has 0 aromatic heterocycles. The average Bonchev–Trinajstić information content (AvgIpc) is 2.28. The maximum atomic E-state index is 5.90. The minimum absolute atomic E-state index is 0.0771.